The maximum absolute atomic E-state index is 11.1. The Hall–Kier alpha value is -2.41. The van der Waals surface area contributed by atoms with E-state index in [1.54, 1.807) is 24.3 Å². The first-order chi connectivity index (χ1) is 9.47. The van der Waals surface area contributed by atoms with Gasteiger partial charge in [-0.2, -0.15) is 0 Å². The van der Waals surface area contributed by atoms with Crippen LogP contribution in [0, 0.1) is 10.1 Å². The first-order valence-corrected chi connectivity index (χ1v) is 6.28. The Labute approximate surface area is 122 Å². The molecule has 0 spiro atoms. The Bertz CT molecular complexity index is 688. The highest BCUT2D eigenvalue weighted by atomic mass is 79.9. The monoisotopic (exact) mass is 336 g/mol. The van der Waals surface area contributed by atoms with Crippen LogP contribution in [0.3, 0.4) is 0 Å². The molecule has 0 aromatic heterocycles. The molecule has 0 heterocycles. The van der Waals surface area contributed by atoms with Crippen molar-refractivity contribution in [2.24, 2.45) is 5.73 Å². The molecule has 0 fully saturated rings. The van der Waals surface area contributed by atoms with Gasteiger partial charge in [-0.25, -0.2) is 0 Å². The SMILES string of the molecule is NC(=O)c1ccc([N+](=O)[O-])c(Oc2cccc(Br)c2)c1. The van der Waals surface area contributed by atoms with Crippen molar-refractivity contribution in [2.75, 3.05) is 0 Å². The minimum absolute atomic E-state index is 0.0376. The Morgan fingerprint density at radius 1 is 1.25 bits per heavy atom. The first-order valence-electron chi connectivity index (χ1n) is 5.49. The van der Waals surface area contributed by atoms with Gasteiger partial charge in [0.05, 0.1) is 4.92 Å². The summed E-state index contributed by atoms with van der Waals surface area (Å²) in [5.74, 6) is -0.313. The molecular weight excluding hydrogens is 328 g/mol. The number of nitrogens with zero attached hydrogens (tertiary/aromatic N) is 1. The van der Waals surface area contributed by atoms with E-state index in [0.29, 0.717) is 5.75 Å². The zero-order valence-corrected chi connectivity index (χ0v) is 11.7. The number of rotatable bonds is 4. The second-order valence-electron chi connectivity index (χ2n) is 3.86. The third-order valence-corrected chi connectivity index (χ3v) is 2.96. The van der Waals surface area contributed by atoms with Gasteiger partial charge < -0.3 is 10.5 Å². The van der Waals surface area contributed by atoms with Gasteiger partial charge in [-0.1, -0.05) is 22.0 Å². The lowest BCUT2D eigenvalue weighted by Crippen LogP contribution is -2.11. The maximum atomic E-state index is 11.1. The predicted molar refractivity (Wildman–Crippen MR) is 75.8 cm³/mol. The molecule has 1 amide bonds. The summed E-state index contributed by atoms with van der Waals surface area (Å²) in [7, 11) is 0. The molecule has 0 bridgehead atoms. The van der Waals surface area contributed by atoms with Crippen LogP contribution in [0.4, 0.5) is 5.69 Å². The number of ether oxygens (including phenoxy) is 1. The van der Waals surface area contributed by atoms with Gasteiger partial charge in [0.1, 0.15) is 5.75 Å². The van der Waals surface area contributed by atoms with Gasteiger partial charge in [-0.05, 0) is 24.3 Å². The molecule has 0 aliphatic heterocycles. The van der Waals surface area contributed by atoms with Crippen LogP contribution in [0.2, 0.25) is 0 Å². The smallest absolute Gasteiger partial charge is 0.311 e. The van der Waals surface area contributed by atoms with E-state index in [1.807, 2.05) is 0 Å². The molecule has 0 saturated heterocycles. The van der Waals surface area contributed by atoms with Crippen LogP contribution in [0.5, 0.6) is 11.5 Å². The van der Waals surface area contributed by atoms with Gasteiger partial charge >= 0.3 is 5.69 Å². The molecule has 0 atom stereocenters. The molecule has 2 aromatic carbocycles. The summed E-state index contributed by atoms with van der Waals surface area (Å²) >= 11 is 3.27. The Balaban J connectivity index is 2.44. The minimum atomic E-state index is -0.681. The van der Waals surface area contributed by atoms with Gasteiger partial charge in [0.2, 0.25) is 11.7 Å². The third-order valence-electron chi connectivity index (χ3n) is 2.46. The summed E-state index contributed by atoms with van der Waals surface area (Å²) < 4.78 is 6.23. The van der Waals surface area contributed by atoms with E-state index < -0.39 is 10.8 Å². The summed E-state index contributed by atoms with van der Waals surface area (Å²) in [6, 6.07) is 10.5. The zero-order chi connectivity index (χ0) is 14.7. The first kappa shape index (κ1) is 14.0. The highest BCUT2D eigenvalue weighted by molar-refractivity contribution is 9.10. The van der Waals surface area contributed by atoms with E-state index in [9.17, 15) is 14.9 Å². The minimum Gasteiger partial charge on any atom is -0.450 e. The third kappa shape index (κ3) is 3.12. The number of amides is 1. The molecule has 0 aliphatic carbocycles. The molecule has 7 heteroatoms. The normalized spacial score (nSPS) is 10.1. The Kier molecular flexibility index (Phi) is 3.99. The lowest BCUT2D eigenvalue weighted by Gasteiger charge is -2.07. The van der Waals surface area contributed by atoms with Crippen molar-refractivity contribution >= 4 is 27.5 Å². The van der Waals surface area contributed by atoms with Crippen molar-refractivity contribution < 1.29 is 14.5 Å². The number of nitrogens with two attached hydrogens (primary N) is 1. The van der Waals surface area contributed by atoms with Gasteiger partial charge in [-0.3, -0.25) is 14.9 Å². The number of hydrogen-bond donors (Lipinski definition) is 1. The topological polar surface area (TPSA) is 95.5 Å². The van der Waals surface area contributed by atoms with Crippen molar-refractivity contribution in [2.45, 2.75) is 0 Å². The van der Waals surface area contributed by atoms with Crippen LogP contribution >= 0.6 is 15.9 Å². The summed E-state index contributed by atoms with van der Waals surface area (Å²) in [6.07, 6.45) is 0. The van der Waals surface area contributed by atoms with Crippen LogP contribution in [0.25, 0.3) is 0 Å². The Morgan fingerprint density at radius 3 is 2.60 bits per heavy atom. The van der Waals surface area contributed by atoms with Gasteiger partial charge in [0, 0.05) is 22.2 Å². The fourth-order valence-corrected chi connectivity index (χ4v) is 1.94. The molecule has 2 rings (SSSR count). The van der Waals surface area contributed by atoms with E-state index in [2.05, 4.69) is 15.9 Å². The van der Waals surface area contributed by atoms with Crippen molar-refractivity contribution in [1.82, 2.24) is 0 Å². The number of nitro groups is 1. The average Bonchev–Trinajstić information content (AvgIpc) is 2.38. The molecular formula is C13H9BrN2O4. The molecule has 0 radical (unpaired) electrons. The molecule has 0 saturated carbocycles. The number of benzene rings is 2. The number of carbonyl (C=O) groups excluding carboxylic acids is 1. The molecule has 20 heavy (non-hydrogen) atoms. The number of nitro benzene ring substituents is 1. The summed E-state index contributed by atoms with van der Waals surface area (Å²) in [6.45, 7) is 0. The Morgan fingerprint density at radius 2 is 2.00 bits per heavy atom. The maximum Gasteiger partial charge on any atom is 0.311 e. The number of primary amides is 1. The largest absolute Gasteiger partial charge is 0.450 e. The molecule has 0 aliphatic rings. The summed E-state index contributed by atoms with van der Waals surface area (Å²) in [5.41, 5.74) is 5.05. The summed E-state index contributed by atoms with van der Waals surface area (Å²) in [4.78, 5) is 21.5. The van der Waals surface area contributed by atoms with Crippen molar-refractivity contribution in [3.63, 3.8) is 0 Å². The molecule has 2 aromatic rings. The van der Waals surface area contributed by atoms with E-state index in [1.165, 1.54) is 18.2 Å². The van der Waals surface area contributed by atoms with E-state index in [0.717, 1.165) is 4.47 Å². The van der Waals surface area contributed by atoms with Crippen LogP contribution in [0.1, 0.15) is 10.4 Å². The standard InChI is InChI=1S/C13H9BrN2O4/c14-9-2-1-3-10(7-9)20-12-6-8(13(15)17)4-5-11(12)16(18)19/h1-7H,(H2,15,17). The van der Waals surface area contributed by atoms with Crippen molar-refractivity contribution in [3.05, 3.63) is 62.6 Å². The van der Waals surface area contributed by atoms with Crippen molar-refractivity contribution in [3.8, 4) is 11.5 Å². The van der Waals surface area contributed by atoms with E-state index in [-0.39, 0.29) is 17.0 Å². The van der Waals surface area contributed by atoms with Crippen LogP contribution < -0.4 is 10.5 Å². The number of halogens is 1. The quantitative estimate of drug-likeness (QED) is 0.684. The van der Waals surface area contributed by atoms with Gasteiger partial charge in [-0.15, -0.1) is 0 Å². The second kappa shape index (κ2) is 5.70. The molecule has 102 valence electrons. The fraction of sp³-hybridized carbons (Fsp3) is 0. The van der Waals surface area contributed by atoms with E-state index >= 15 is 0 Å². The number of hydrogen-bond acceptors (Lipinski definition) is 4. The van der Waals surface area contributed by atoms with Crippen LogP contribution in [-0.2, 0) is 0 Å². The highest BCUT2D eigenvalue weighted by Crippen LogP contribution is 2.33. The van der Waals surface area contributed by atoms with E-state index in [4.69, 9.17) is 10.5 Å². The lowest BCUT2D eigenvalue weighted by molar-refractivity contribution is -0.385. The predicted octanol–water partition coefficient (Wildman–Crippen LogP) is 3.25. The fourth-order valence-electron chi connectivity index (χ4n) is 1.56. The van der Waals surface area contributed by atoms with Gasteiger partial charge in [0.25, 0.3) is 0 Å². The highest BCUT2D eigenvalue weighted by Gasteiger charge is 2.18. The zero-order valence-electron chi connectivity index (χ0n) is 10.1. The van der Waals surface area contributed by atoms with Crippen molar-refractivity contribution in [1.29, 1.82) is 0 Å². The van der Waals surface area contributed by atoms with Crippen LogP contribution in [0.15, 0.2) is 46.9 Å². The van der Waals surface area contributed by atoms with Gasteiger partial charge in [0.15, 0.2) is 0 Å². The number of carbonyl (C=O) groups is 1. The molecule has 2 N–H and O–H groups in total. The second-order valence-corrected chi connectivity index (χ2v) is 4.78. The lowest BCUT2D eigenvalue weighted by atomic mass is 10.2. The summed E-state index contributed by atoms with van der Waals surface area (Å²) in [5, 5.41) is 11.0. The molecule has 0 unspecified atom stereocenters. The average molecular weight is 337 g/mol. The van der Waals surface area contributed by atoms with Crippen LogP contribution in [-0.4, -0.2) is 10.8 Å². The molecule has 6 nitrogen and oxygen atoms in total.